The molecule has 0 aliphatic heterocycles. The summed E-state index contributed by atoms with van der Waals surface area (Å²) in [6, 6.07) is 12.9. The van der Waals surface area contributed by atoms with Crippen LogP contribution in [0.25, 0.3) is 0 Å². The molecule has 22 heavy (non-hydrogen) atoms. The van der Waals surface area contributed by atoms with Gasteiger partial charge in [0.05, 0.1) is 0 Å². The number of unbranched alkanes of at least 4 members (excludes halogenated alkanes) is 1. The fraction of sp³-hybridized carbons (Fsp3) is 0.316. The van der Waals surface area contributed by atoms with Crippen LogP contribution in [-0.2, 0) is 4.79 Å². The third kappa shape index (κ3) is 4.76. The molecular weight excluding hydrogens is 282 g/mol. The summed E-state index contributed by atoms with van der Waals surface area (Å²) >= 11 is 0. The summed E-state index contributed by atoms with van der Waals surface area (Å²) in [6.07, 6.45) is 3.18. The lowest BCUT2D eigenvalue weighted by atomic mass is 9.87. The molecule has 0 aliphatic rings. The zero-order valence-electron chi connectivity index (χ0n) is 12.7. The summed E-state index contributed by atoms with van der Waals surface area (Å²) < 4.78 is 26.2. The van der Waals surface area contributed by atoms with Crippen LogP contribution >= 0.6 is 0 Å². The highest BCUT2D eigenvalue weighted by atomic mass is 19.1. The number of Topliss-reactive ketones (excluding diaryl/α,β-unsaturated/α-hetero) is 1. The fourth-order valence-electron chi connectivity index (χ4n) is 2.64. The standard InChI is InChI=1S/C19H20F2O/c1-14(22)4-2-3-5-19(15-6-10-17(20)11-7-15)16-8-12-18(21)13-9-16/h6-13,19H,2-5H2,1H3. The fourth-order valence-corrected chi connectivity index (χ4v) is 2.64. The van der Waals surface area contributed by atoms with Crippen LogP contribution in [0.5, 0.6) is 0 Å². The molecular formula is C19H20F2O. The molecule has 0 N–H and O–H groups in total. The first-order valence-electron chi connectivity index (χ1n) is 7.56. The SMILES string of the molecule is CC(=O)CCCCC(c1ccc(F)cc1)c1ccc(F)cc1. The zero-order chi connectivity index (χ0) is 15.9. The van der Waals surface area contributed by atoms with E-state index in [9.17, 15) is 13.6 Å². The monoisotopic (exact) mass is 302 g/mol. The number of carbonyl (C=O) groups is 1. The van der Waals surface area contributed by atoms with Gasteiger partial charge in [0, 0.05) is 12.3 Å². The smallest absolute Gasteiger partial charge is 0.129 e. The minimum absolute atomic E-state index is 0.0909. The third-order valence-electron chi connectivity index (χ3n) is 3.82. The van der Waals surface area contributed by atoms with Crippen molar-refractivity contribution in [2.45, 2.75) is 38.5 Å². The molecule has 0 saturated carbocycles. The van der Waals surface area contributed by atoms with Crippen LogP contribution in [0.2, 0.25) is 0 Å². The lowest BCUT2D eigenvalue weighted by Crippen LogP contribution is -2.02. The van der Waals surface area contributed by atoms with Gasteiger partial charge in [0.1, 0.15) is 17.4 Å². The van der Waals surface area contributed by atoms with E-state index in [0.717, 1.165) is 30.4 Å². The van der Waals surface area contributed by atoms with Gasteiger partial charge in [-0.3, -0.25) is 0 Å². The number of hydrogen-bond donors (Lipinski definition) is 0. The lowest BCUT2D eigenvalue weighted by Gasteiger charge is -2.18. The van der Waals surface area contributed by atoms with E-state index in [1.807, 2.05) is 0 Å². The molecule has 0 saturated heterocycles. The van der Waals surface area contributed by atoms with Gasteiger partial charge in [-0.1, -0.05) is 30.7 Å². The minimum Gasteiger partial charge on any atom is -0.300 e. The molecule has 2 aromatic carbocycles. The summed E-state index contributed by atoms with van der Waals surface area (Å²) in [5, 5.41) is 0. The van der Waals surface area contributed by atoms with Gasteiger partial charge in [0.15, 0.2) is 0 Å². The average Bonchev–Trinajstić information content (AvgIpc) is 2.50. The molecule has 0 unspecified atom stereocenters. The van der Waals surface area contributed by atoms with Crippen molar-refractivity contribution >= 4 is 5.78 Å². The van der Waals surface area contributed by atoms with Gasteiger partial charge < -0.3 is 4.79 Å². The van der Waals surface area contributed by atoms with Crippen LogP contribution in [0, 0.1) is 11.6 Å². The Bertz CT molecular complexity index is 557. The van der Waals surface area contributed by atoms with Gasteiger partial charge in [-0.25, -0.2) is 8.78 Å². The highest BCUT2D eigenvalue weighted by Crippen LogP contribution is 2.30. The summed E-state index contributed by atoms with van der Waals surface area (Å²) in [5.74, 6) is -0.246. The molecule has 3 heteroatoms. The number of halogens is 2. The number of rotatable bonds is 7. The number of carbonyl (C=O) groups excluding carboxylic acids is 1. The summed E-state index contributed by atoms with van der Waals surface area (Å²) in [7, 11) is 0. The highest BCUT2D eigenvalue weighted by molar-refractivity contribution is 5.75. The Morgan fingerprint density at radius 2 is 1.32 bits per heavy atom. The Kier molecular flexibility index (Phi) is 5.82. The molecule has 0 amide bonds. The highest BCUT2D eigenvalue weighted by Gasteiger charge is 2.14. The molecule has 0 aromatic heterocycles. The molecule has 2 rings (SSSR count). The summed E-state index contributed by atoms with van der Waals surface area (Å²) in [6.45, 7) is 1.59. The second-order valence-corrected chi connectivity index (χ2v) is 5.60. The first-order valence-corrected chi connectivity index (χ1v) is 7.56. The van der Waals surface area contributed by atoms with Crippen molar-refractivity contribution in [3.63, 3.8) is 0 Å². The van der Waals surface area contributed by atoms with Crippen molar-refractivity contribution in [3.05, 3.63) is 71.3 Å². The Morgan fingerprint density at radius 1 is 0.864 bits per heavy atom. The lowest BCUT2D eigenvalue weighted by molar-refractivity contribution is -0.117. The van der Waals surface area contributed by atoms with Crippen LogP contribution in [0.4, 0.5) is 8.78 Å². The van der Waals surface area contributed by atoms with Crippen molar-refractivity contribution < 1.29 is 13.6 Å². The Morgan fingerprint density at radius 3 is 1.73 bits per heavy atom. The molecule has 0 fully saturated rings. The molecule has 116 valence electrons. The van der Waals surface area contributed by atoms with Crippen molar-refractivity contribution in [1.82, 2.24) is 0 Å². The van der Waals surface area contributed by atoms with E-state index in [0.29, 0.717) is 6.42 Å². The van der Waals surface area contributed by atoms with E-state index in [1.165, 1.54) is 24.3 Å². The largest absolute Gasteiger partial charge is 0.300 e. The van der Waals surface area contributed by atoms with Crippen LogP contribution in [0.3, 0.4) is 0 Å². The normalized spacial score (nSPS) is 10.9. The average molecular weight is 302 g/mol. The quantitative estimate of drug-likeness (QED) is 0.639. The molecule has 1 nitrogen and oxygen atoms in total. The van der Waals surface area contributed by atoms with E-state index >= 15 is 0 Å². The first kappa shape index (κ1) is 16.3. The van der Waals surface area contributed by atoms with Crippen LogP contribution in [0.15, 0.2) is 48.5 Å². The number of benzene rings is 2. The minimum atomic E-state index is -0.266. The first-order chi connectivity index (χ1) is 10.6. The van der Waals surface area contributed by atoms with Crippen LogP contribution in [0.1, 0.15) is 49.7 Å². The van der Waals surface area contributed by atoms with Gasteiger partial charge in [0.2, 0.25) is 0 Å². The van der Waals surface area contributed by atoms with Gasteiger partial charge in [-0.15, -0.1) is 0 Å². The van der Waals surface area contributed by atoms with E-state index in [1.54, 1.807) is 31.2 Å². The maximum Gasteiger partial charge on any atom is 0.129 e. The predicted molar refractivity (Wildman–Crippen MR) is 83.8 cm³/mol. The molecule has 0 radical (unpaired) electrons. The van der Waals surface area contributed by atoms with E-state index in [-0.39, 0.29) is 23.3 Å². The Hall–Kier alpha value is -2.03. The van der Waals surface area contributed by atoms with Crippen LogP contribution in [-0.4, -0.2) is 5.78 Å². The summed E-state index contributed by atoms with van der Waals surface area (Å²) in [5.41, 5.74) is 2.02. The predicted octanol–water partition coefficient (Wildman–Crippen LogP) is 5.25. The second kappa shape index (κ2) is 7.83. The molecule has 0 bridgehead atoms. The van der Waals surface area contributed by atoms with Crippen LogP contribution < -0.4 is 0 Å². The second-order valence-electron chi connectivity index (χ2n) is 5.60. The van der Waals surface area contributed by atoms with E-state index in [4.69, 9.17) is 0 Å². The van der Waals surface area contributed by atoms with Gasteiger partial charge in [0.25, 0.3) is 0 Å². The van der Waals surface area contributed by atoms with Gasteiger partial charge >= 0.3 is 0 Å². The van der Waals surface area contributed by atoms with E-state index < -0.39 is 0 Å². The maximum absolute atomic E-state index is 13.1. The maximum atomic E-state index is 13.1. The van der Waals surface area contributed by atoms with Crippen molar-refractivity contribution in [1.29, 1.82) is 0 Å². The number of hydrogen-bond acceptors (Lipinski definition) is 1. The van der Waals surface area contributed by atoms with Gasteiger partial charge in [-0.2, -0.15) is 0 Å². The van der Waals surface area contributed by atoms with Crippen molar-refractivity contribution in [2.75, 3.05) is 0 Å². The zero-order valence-corrected chi connectivity index (χ0v) is 12.7. The molecule has 0 aliphatic carbocycles. The van der Waals surface area contributed by atoms with Crippen molar-refractivity contribution in [3.8, 4) is 0 Å². The summed E-state index contributed by atoms with van der Waals surface area (Å²) in [4.78, 5) is 11.0. The molecule has 0 heterocycles. The molecule has 2 aromatic rings. The molecule has 0 spiro atoms. The topological polar surface area (TPSA) is 17.1 Å². The Labute approximate surface area is 130 Å². The number of ketones is 1. The van der Waals surface area contributed by atoms with Crippen molar-refractivity contribution in [2.24, 2.45) is 0 Å². The Balaban J connectivity index is 2.14. The third-order valence-corrected chi connectivity index (χ3v) is 3.82. The van der Waals surface area contributed by atoms with E-state index in [2.05, 4.69) is 0 Å². The van der Waals surface area contributed by atoms with Gasteiger partial charge in [-0.05, 0) is 55.2 Å². The molecule has 0 atom stereocenters.